The first-order chi connectivity index (χ1) is 15.5. The number of halogens is 1. The van der Waals surface area contributed by atoms with Crippen LogP contribution in [-0.4, -0.2) is 31.3 Å². The summed E-state index contributed by atoms with van der Waals surface area (Å²) >= 11 is 0. The molecule has 164 valence electrons. The Hall–Kier alpha value is -4.20. The zero-order valence-corrected chi connectivity index (χ0v) is 17.3. The first-order valence-corrected chi connectivity index (χ1v) is 9.79. The van der Waals surface area contributed by atoms with Gasteiger partial charge in [0.05, 0.1) is 18.4 Å². The van der Waals surface area contributed by atoms with Gasteiger partial charge in [-0.2, -0.15) is 5.10 Å². The van der Waals surface area contributed by atoms with E-state index in [0.717, 1.165) is 0 Å². The maximum atomic E-state index is 12.9. The number of amides is 1. The van der Waals surface area contributed by atoms with Gasteiger partial charge < -0.3 is 14.2 Å². The SMILES string of the molecule is CCOc1cc(/C=N\NC(=O)COc2ccc(F)cc2)ccc1OC(=O)c1ccccc1. The second-order valence-corrected chi connectivity index (χ2v) is 6.43. The molecule has 0 atom stereocenters. The van der Waals surface area contributed by atoms with Crippen molar-refractivity contribution >= 4 is 18.1 Å². The molecule has 0 saturated heterocycles. The number of carbonyl (C=O) groups is 2. The number of hydrogen-bond acceptors (Lipinski definition) is 6. The van der Waals surface area contributed by atoms with Crippen LogP contribution in [-0.2, 0) is 4.79 Å². The van der Waals surface area contributed by atoms with E-state index in [1.165, 1.54) is 30.5 Å². The van der Waals surface area contributed by atoms with Crippen molar-refractivity contribution in [3.8, 4) is 17.2 Å². The summed E-state index contributed by atoms with van der Waals surface area (Å²) in [4.78, 5) is 24.1. The number of hydrazone groups is 1. The van der Waals surface area contributed by atoms with Crippen molar-refractivity contribution in [2.24, 2.45) is 5.10 Å². The zero-order valence-electron chi connectivity index (χ0n) is 17.3. The van der Waals surface area contributed by atoms with Gasteiger partial charge in [-0.15, -0.1) is 0 Å². The average Bonchev–Trinajstić information content (AvgIpc) is 2.81. The third kappa shape index (κ3) is 6.66. The van der Waals surface area contributed by atoms with Gasteiger partial charge in [-0.3, -0.25) is 4.79 Å². The van der Waals surface area contributed by atoms with E-state index in [9.17, 15) is 14.0 Å². The first-order valence-electron chi connectivity index (χ1n) is 9.79. The van der Waals surface area contributed by atoms with Gasteiger partial charge in [0, 0.05) is 0 Å². The number of nitrogens with zero attached hydrogens (tertiary/aromatic N) is 1. The fraction of sp³-hybridized carbons (Fsp3) is 0.125. The Morgan fingerprint density at radius 1 is 0.969 bits per heavy atom. The fourth-order valence-electron chi connectivity index (χ4n) is 2.58. The van der Waals surface area contributed by atoms with Crippen LogP contribution in [0.5, 0.6) is 17.2 Å². The largest absolute Gasteiger partial charge is 0.490 e. The van der Waals surface area contributed by atoms with Crippen molar-refractivity contribution in [2.45, 2.75) is 6.92 Å². The Morgan fingerprint density at radius 3 is 2.44 bits per heavy atom. The first kappa shape index (κ1) is 22.5. The molecule has 1 amide bonds. The molecule has 0 radical (unpaired) electrons. The van der Waals surface area contributed by atoms with Gasteiger partial charge in [0.25, 0.3) is 5.91 Å². The molecule has 0 fully saturated rings. The number of esters is 1. The normalized spacial score (nSPS) is 10.6. The molecule has 0 aliphatic heterocycles. The standard InChI is InChI=1S/C24H21FN2O5/c1-2-30-22-14-17(8-13-21(22)32-24(29)18-6-4-3-5-7-18)15-26-27-23(28)16-31-20-11-9-19(25)10-12-20/h3-15H,2,16H2,1H3,(H,27,28)/b26-15-. The topological polar surface area (TPSA) is 86.2 Å². The van der Waals surface area contributed by atoms with Crippen LogP contribution in [0.1, 0.15) is 22.8 Å². The lowest BCUT2D eigenvalue weighted by Crippen LogP contribution is -2.24. The summed E-state index contributed by atoms with van der Waals surface area (Å²) in [5, 5.41) is 3.88. The number of benzene rings is 3. The molecular weight excluding hydrogens is 415 g/mol. The highest BCUT2D eigenvalue weighted by Gasteiger charge is 2.13. The molecule has 7 nitrogen and oxygen atoms in total. The Labute approximate surface area is 184 Å². The van der Waals surface area contributed by atoms with Crippen molar-refractivity contribution in [1.29, 1.82) is 0 Å². The van der Waals surface area contributed by atoms with E-state index in [0.29, 0.717) is 29.2 Å². The van der Waals surface area contributed by atoms with Crippen molar-refractivity contribution < 1.29 is 28.2 Å². The van der Waals surface area contributed by atoms with E-state index in [4.69, 9.17) is 14.2 Å². The van der Waals surface area contributed by atoms with Crippen LogP contribution in [0.25, 0.3) is 0 Å². The molecule has 32 heavy (non-hydrogen) atoms. The quantitative estimate of drug-likeness (QED) is 0.237. The van der Waals surface area contributed by atoms with Gasteiger partial charge in [-0.25, -0.2) is 14.6 Å². The number of rotatable bonds is 9. The van der Waals surface area contributed by atoms with E-state index >= 15 is 0 Å². The maximum Gasteiger partial charge on any atom is 0.343 e. The Morgan fingerprint density at radius 2 is 1.72 bits per heavy atom. The summed E-state index contributed by atoms with van der Waals surface area (Å²) in [7, 11) is 0. The van der Waals surface area contributed by atoms with E-state index in [-0.39, 0.29) is 12.4 Å². The third-order valence-corrected chi connectivity index (χ3v) is 4.07. The average molecular weight is 436 g/mol. The molecule has 0 aromatic heterocycles. The highest BCUT2D eigenvalue weighted by atomic mass is 19.1. The molecule has 0 spiro atoms. The molecule has 3 aromatic carbocycles. The van der Waals surface area contributed by atoms with Gasteiger partial charge in [-0.05, 0) is 67.1 Å². The number of carbonyl (C=O) groups excluding carboxylic acids is 2. The lowest BCUT2D eigenvalue weighted by atomic mass is 10.2. The molecule has 0 bridgehead atoms. The number of hydrogen-bond donors (Lipinski definition) is 1. The van der Waals surface area contributed by atoms with Crippen molar-refractivity contribution in [3.63, 3.8) is 0 Å². The number of nitrogens with one attached hydrogen (secondary N) is 1. The summed E-state index contributed by atoms with van der Waals surface area (Å²) in [6, 6.07) is 18.8. The second-order valence-electron chi connectivity index (χ2n) is 6.43. The van der Waals surface area contributed by atoms with Gasteiger partial charge in [-0.1, -0.05) is 18.2 Å². The van der Waals surface area contributed by atoms with Crippen molar-refractivity contribution in [1.82, 2.24) is 5.43 Å². The maximum absolute atomic E-state index is 12.9. The minimum Gasteiger partial charge on any atom is -0.490 e. The van der Waals surface area contributed by atoms with E-state index < -0.39 is 17.7 Å². The molecule has 1 N–H and O–H groups in total. The Balaban J connectivity index is 1.58. The van der Waals surface area contributed by atoms with Crippen molar-refractivity contribution in [3.05, 3.63) is 89.7 Å². The third-order valence-electron chi connectivity index (χ3n) is 4.07. The lowest BCUT2D eigenvalue weighted by Gasteiger charge is -2.11. The molecule has 0 heterocycles. The summed E-state index contributed by atoms with van der Waals surface area (Å²) in [6.45, 7) is 1.90. The predicted octanol–water partition coefficient (Wildman–Crippen LogP) is 3.97. The molecule has 0 aliphatic carbocycles. The van der Waals surface area contributed by atoms with E-state index in [1.54, 1.807) is 42.5 Å². The van der Waals surface area contributed by atoms with E-state index in [2.05, 4.69) is 10.5 Å². The van der Waals surface area contributed by atoms with Crippen LogP contribution in [0.15, 0.2) is 77.9 Å². The molecular formula is C24H21FN2O5. The van der Waals surface area contributed by atoms with Crippen LogP contribution in [0, 0.1) is 5.82 Å². The van der Waals surface area contributed by atoms with Crippen molar-refractivity contribution in [2.75, 3.05) is 13.2 Å². The van der Waals surface area contributed by atoms with Crippen LogP contribution in [0.2, 0.25) is 0 Å². The van der Waals surface area contributed by atoms with Gasteiger partial charge in [0.2, 0.25) is 0 Å². The molecule has 0 saturated carbocycles. The lowest BCUT2D eigenvalue weighted by molar-refractivity contribution is -0.123. The van der Waals surface area contributed by atoms with Gasteiger partial charge >= 0.3 is 5.97 Å². The molecule has 0 unspecified atom stereocenters. The highest BCUT2D eigenvalue weighted by Crippen LogP contribution is 2.29. The monoisotopic (exact) mass is 436 g/mol. The molecule has 3 rings (SSSR count). The zero-order chi connectivity index (χ0) is 22.8. The summed E-state index contributed by atoms with van der Waals surface area (Å²) in [6.07, 6.45) is 1.42. The van der Waals surface area contributed by atoms with E-state index in [1.807, 2.05) is 13.0 Å². The van der Waals surface area contributed by atoms with Crippen LogP contribution in [0.3, 0.4) is 0 Å². The number of ether oxygens (including phenoxy) is 3. The van der Waals surface area contributed by atoms with Crippen LogP contribution in [0.4, 0.5) is 4.39 Å². The minimum atomic E-state index is -0.499. The molecule has 0 aliphatic rings. The highest BCUT2D eigenvalue weighted by molar-refractivity contribution is 5.91. The predicted molar refractivity (Wildman–Crippen MR) is 117 cm³/mol. The Bertz CT molecular complexity index is 1090. The Kier molecular flexibility index (Phi) is 7.91. The summed E-state index contributed by atoms with van der Waals surface area (Å²) < 4.78 is 29.1. The van der Waals surface area contributed by atoms with Gasteiger partial charge in [0.1, 0.15) is 11.6 Å². The summed E-state index contributed by atoms with van der Waals surface area (Å²) in [5.74, 6) is -0.363. The van der Waals surface area contributed by atoms with Crippen LogP contribution < -0.4 is 19.6 Å². The summed E-state index contributed by atoms with van der Waals surface area (Å²) in [5.41, 5.74) is 3.38. The second kappa shape index (κ2) is 11.3. The molecule has 8 heteroatoms. The van der Waals surface area contributed by atoms with Crippen LogP contribution >= 0.6 is 0 Å². The van der Waals surface area contributed by atoms with Gasteiger partial charge in [0.15, 0.2) is 18.1 Å². The smallest absolute Gasteiger partial charge is 0.343 e. The minimum absolute atomic E-state index is 0.273. The molecule has 3 aromatic rings. The fourth-order valence-corrected chi connectivity index (χ4v) is 2.58.